The Labute approximate surface area is 155 Å². The van der Waals surface area contributed by atoms with Gasteiger partial charge in [-0.1, -0.05) is 35.4 Å². The lowest BCUT2D eigenvalue weighted by atomic mass is 9.47. The summed E-state index contributed by atoms with van der Waals surface area (Å²) >= 11 is 3.80. The molecule has 0 unspecified atom stereocenters. The molecule has 0 aromatic carbocycles. The first-order valence-corrected chi connectivity index (χ1v) is 10.7. The van der Waals surface area contributed by atoms with Crippen LogP contribution in [0.2, 0.25) is 0 Å². The molecule has 24 heavy (non-hydrogen) atoms. The van der Waals surface area contributed by atoms with Crippen LogP contribution in [-0.4, -0.2) is 23.9 Å². The van der Waals surface area contributed by atoms with E-state index in [1.165, 1.54) is 43.0 Å². The normalized spacial score (nSPS) is 50.2. The second-order valence-electron chi connectivity index (χ2n) is 9.49. The molecule has 1 aliphatic heterocycles. The van der Waals surface area contributed by atoms with Crippen molar-refractivity contribution in [3.63, 3.8) is 0 Å². The molecule has 1 heterocycles. The van der Waals surface area contributed by atoms with Crippen molar-refractivity contribution in [3.8, 4) is 0 Å². The SMILES string of the molecule is C/C(Br)=C1/CC[C@H]2[C@@H]3CC[C@H]4N(C)C(=O)CC[C@]4(C)[C@H]3CC[C@]12C. The highest BCUT2D eigenvalue weighted by Crippen LogP contribution is 2.66. The molecule has 6 atom stereocenters. The first-order valence-electron chi connectivity index (χ1n) is 9.90. The maximum absolute atomic E-state index is 12.2. The Kier molecular flexibility index (Phi) is 3.99. The van der Waals surface area contributed by atoms with Crippen molar-refractivity contribution < 1.29 is 4.79 Å². The molecular weight excluding hydrogens is 362 g/mol. The topological polar surface area (TPSA) is 20.3 Å². The molecule has 4 fully saturated rings. The number of likely N-dealkylation sites (tertiary alicyclic amines) is 1. The predicted octanol–water partition coefficient (Wildman–Crippen LogP) is 5.52. The first kappa shape index (κ1) is 17.1. The van der Waals surface area contributed by atoms with Gasteiger partial charge < -0.3 is 4.90 Å². The summed E-state index contributed by atoms with van der Waals surface area (Å²) in [5.41, 5.74) is 2.48. The van der Waals surface area contributed by atoms with Gasteiger partial charge in [0.15, 0.2) is 0 Å². The monoisotopic (exact) mass is 393 g/mol. The third-order valence-electron chi connectivity index (χ3n) is 8.76. The summed E-state index contributed by atoms with van der Waals surface area (Å²) < 4.78 is 1.40. The summed E-state index contributed by atoms with van der Waals surface area (Å²) in [6.07, 6.45) is 9.81. The van der Waals surface area contributed by atoms with Crippen LogP contribution < -0.4 is 0 Å². The van der Waals surface area contributed by atoms with Crippen molar-refractivity contribution in [1.82, 2.24) is 4.90 Å². The Morgan fingerprint density at radius 1 is 1.08 bits per heavy atom. The summed E-state index contributed by atoms with van der Waals surface area (Å²) in [4.78, 5) is 14.3. The second kappa shape index (κ2) is 5.59. The van der Waals surface area contributed by atoms with E-state index >= 15 is 0 Å². The van der Waals surface area contributed by atoms with Gasteiger partial charge in [0.25, 0.3) is 0 Å². The van der Waals surface area contributed by atoms with Crippen LogP contribution in [0, 0.1) is 28.6 Å². The van der Waals surface area contributed by atoms with Gasteiger partial charge in [0.1, 0.15) is 0 Å². The van der Waals surface area contributed by atoms with Crippen LogP contribution in [-0.2, 0) is 4.79 Å². The quantitative estimate of drug-likeness (QED) is 0.530. The average molecular weight is 394 g/mol. The molecule has 3 aliphatic carbocycles. The zero-order valence-corrected chi connectivity index (χ0v) is 17.3. The third kappa shape index (κ3) is 2.15. The minimum absolute atomic E-state index is 0.350. The molecular formula is C21H32BrNO. The molecule has 0 aromatic rings. The van der Waals surface area contributed by atoms with E-state index in [9.17, 15) is 4.79 Å². The molecule has 134 valence electrons. The van der Waals surface area contributed by atoms with Crippen molar-refractivity contribution in [2.24, 2.45) is 28.6 Å². The fourth-order valence-corrected chi connectivity index (χ4v) is 8.18. The molecule has 1 saturated heterocycles. The smallest absolute Gasteiger partial charge is 0.222 e. The van der Waals surface area contributed by atoms with Crippen LogP contribution in [0.3, 0.4) is 0 Å². The van der Waals surface area contributed by atoms with Crippen molar-refractivity contribution in [2.75, 3.05) is 7.05 Å². The molecule has 2 nitrogen and oxygen atoms in total. The van der Waals surface area contributed by atoms with E-state index in [2.05, 4.69) is 48.6 Å². The Morgan fingerprint density at radius 3 is 2.54 bits per heavy atom. The highest BCUT2D eigenvalue weighted by molar-refractivity contribution is 9.11. The highest BCUT2D eigenvalue weighted by Gasteiger charge is 2.60. The Morgan fingerprint density at radius 2 is 1.83 bits per heavy atom. The van der Waals surface area contributed by atoms with E-state index in [4.69, 9.17) is 0 Å². The Hall–Kier alpha value is -0.310. The standard InChI is InChI=1S/C21H32BrNO/c1-13(22)15-6-7-16-14-5-8-18-21(3,12-10-19(24)23(18)4)17(14)9-11-20(15,16)2/h14,16-18H,5-12H2,1-4H3/b15-13+/t14-,16-,17-,18+,20+,21+/m0/s1. The summed E-state index contributed by atoms with van der Waals surface area (Å²) in [7, 11) is 2.06. The molecule has 1 amide bonds. The highest BCUT2D eigenvalue weighted by atomic mass is 79.9. The van der Waals surface area contributed by atoms with Crippen LogP contribution >= 0.6 is 15.9 Å². The zero-order chi connectivity index (χ0) is 17.3. The predicted molar refractivity (Wildman–Crippen MR) is 102 cm³/mol. The number of amides is 1. The average Bonchev–Trinajstić information content (AvgIpc) is 2.89. The molecule has 0 N–H and O–H groups in total. The molecule has 0 radical (unpaired) electrons. The number of halogens is 1. The number of nitrogens with zero attached hydrogens (tertiary/aromatic N) is 1. The van der Waals surface area contributed by atoms with Crippen LogP contribution in [0.5, 0.6) is 0 Å². The van der Waals surface area contributed by atoms with Crippen LogP contribution in [0.1, 0.15) is 72.1 Å². The lowest BCUT2D eigenvalue weighted by molar-refractivity contribution is -0.156. The number of allylic oxidation sites excluding steroid dienone is 2. The Bertz CT molecular complexity index is 595. The van der Waals surface area contributed by atoms with Gasteiger partial charge in [-0.05, 0) is 84.9 Å². The van der Waals surface area contributed by atoms with Gasteiger partial charge >= 0.3 is 0 Å². The largest absolute Gasteiger partial charge is 0.342 e. The van der Waals surface area contributed by atoms with Crippen molar-refractivity contribution in [1.29, 1.82) is 0 Å². The van der Waals surface area contributed by atoms with E-state index in [-0.39, 0.29) is 0 Å². The maximum atomic E-state index is 12.2. The number of carbonyl (C=O) groups excluding carboxylic acids is 1. The zero-order valence-electron chi connectivity index (χ0n) is 15.7. The fraction of sp³-hybridized carbons (Fsp3) is 0.857. The summed E-state index contributed by atoms with van der Waals surface area (Å²) in [6.45, 7) is 7.31. The van der Waals surface area contributed by atoms with Gasteiger partial charge in [0.2, 0.25) is 5.91 Å². The van der Waals surface area contributed by atoms with Crippen LogP contribution in [0.25, 0.3) is 0 Å². The Balaban J connectivity index is 1.67. The minimum atomic E-state index is 0.350. The molecule has 3 saturated carbocycles. The summed E-state index contributed by atoms with van der Waals surface area (Å²) in [6, 6.07) is 0.485. The van der Waals surface area contributed by atoms with Gasteiger partial charge in [0, 0.05) is 19.5 Å². The number of hydrogen-bond donors (Lipinski definition) is 0. The van der Waals surface area contributed by atoms with Crippen molar-refractivity contribution in [2.45, 2.75) is 78.2 Å². The van der Waals surface area contributed by atoms with Crippen LogP contribution in [0.15, 0.2) is 10.1 Å². The molecule has 0 bridgehead atoms. The van der Waals surface area contributed by atoms with Gasteiger partial charge in [0.05, 0.1) is 0 Å². The van der Waals surface area contributed by atoms with E-state index < -0.39 is 0 Å². The van der Waals surface area contributed by atoms with E-state index in [1.54, 1.807) is 5.57 Å². The summed E-state index contributed by atoms with van der Waals surface area (Å²) in [5.74, 6) is 2.92. The first-order chi connectivity index (χ1) is 11.3. The lowest BCUT2D eigenvalue weighted by Gasteiger charge is -2.61. The molecule has 4 rings (SSSR count). The lowest BCUT2D eigenvalue weighted by Crippen LogP contribution is -2.61. The molecule has 0 aromatic heterocycles. The minimum Gasteiger partial charge on any atom is -0.342 e. The van der Waals surface area contributed by atoms with E-state index in [0.29, 0.717) is 22.8 Å². The number of carbonyl (C=O) groups is 1. The van der Waals surface area contributed by atoms with Crippen molar-refractivity contribution >= 4 is 21.8 Å². The van der Waals surface area contributed by atoms with Gasteiger partial charge in [-0.25, -0.2) is 0 Å². The number of piperidine rings is 1. The van der Waals surface area contributed by atoms with E-state index in [1.807, 2.05) is 0 Å². The maximum Gasteiger partial charge on any atom is 0.222 e. The van der Waals surface area contributed by atoms with Gasteiger partial charge in [-0.15, -0.1) is 0 Å². The fourth-order valence-electron chi connectivity index (χ4n) is 7.53. The number of rotatable bonds is 0. The van der Waals surface area contributed by atoms with Crippen molar-refractivity contribution in [3.05, 3.63) is 10.1 Å². The molecule has 3 heteroatoms. The van der Waals surface area contributed by atoms with E-state index in [0.717, 1.165) is 30.6 Å². The summed E-state index contributed by atoms with van der Waals surface area (Å²) in [5, 5.41) is 0. The number of fused-ring (bicyclic) bond motifs is 5. The third-order valence-corrected chi connectivity index (χ3v) is 9.24. The second-order valence-corrected chi connectivity index (χ2v) is 10.7. The van der Waals surface area contributed by atoms with Gasteiger partial charge in [-0.2, -0.15) is 0 Å². The molecule has 4 aliphatic rings. The van der Waals surface area contributed by atoms with Crippen LogP contribution in [0.4, 0.5) is 0 Å². The van der Waals surface area contributed by atoms with Gasteiger partial charge in [-0.3, -0.25) is 4.79 Å². The number of hydrogen-bond acceptors (Lipinski definition) is 1. The molecule has 0 spiro atoms.